The Hall–Kier alpha value is -4.37. The minimum absolute atomic E-state index is 0.0273. The number of phenolic OH excluding ortho intramolecular Hbond substituents is 1. The number of carbonyl (C=O) groups excluding carboxylic acids is 2. The number of esters is 2. The van der Waals surface area contributed by atoms with E-state index in [1.165, 1.54) is 32.2 Å². The number of aromatic hydroxyl groups is 1. The lowest BCUT2D eigenvalue weighted by Gasteiger charge is -2.56. The van der Waals surface area contributed by atoms with E-state index in [9.17, 15) is 14.7 Å². The van der Waals surface area contributed by atoms with Gasteiger partial charge < -0.3 is 49.3 Å². The third-order valence-corrected chi connectivity index (χ3v) is 13.9. The smallest absolute Gasteiger partial charge is 0.327 e. The molecule has 1 saturated heterocycles. The van der Waals surface area contributed by atoms with E-state index in [-0.39, 0.29) is 42.5 Å². The molecule has 6 aliphatic rings. The summed E-state index contributed by atoms with van der Waals surface area (Å²) < 4.78 is 43.3. The van der Waals surface area contributed by atoms with E-state index in [0.717, 1.165) is 78.0 Å². The summed E-state index contributed by atoms with van der Waals surface area (Å²) in [6.07, 6.45) is 7.98. The van der Waals surface area contributed by atoms with Crippen molar-refractivity contribution in [1.29, 1.82) is 0 Å². The molecule has 2 fully saturated rings. The van der Waals surface area contributed by atoms with Crippen molar-refractivity contribution >= 4 is 23.7 Å². The van der Waals surface area contributed by atoms with Crippen molar-refractivity contribution in [2.45, 2.75) is 94.7 Å². The summed E-state index contributed by atoms with van der Waals surface area (Å²) in [7, 11) is 4.72. The van der Waals surface area contributed by atoms with E-state index in [1.54, 1.807) is 31.0 Å². The fourth-order valence-corrected chi connectivity index (χ4v) is 11.4. The Morgan fingerprint density at radius 2 is 1.78 bits per heavy atom. The fraction of sp³-hybridized carbons (Fsp3) is 0.545. The molecule has 2 aliphatic carbocycles. The topological polar surface area (TPSA) is 160 Å². The van der Waals surface area contributed by atoms with Crippen LogP contribution in [0.2, 0.25) is 0 Å². The Morgan fingerprint density at radius 1 is 1.00 bits per heavy atom. The van der Waals surface area contributed by atoms with Crippen molar-refractivity contribution in [1.82, 2.24) is 10.2 Å². The molecule has 3 aromatic carbocycles. The van der Waals surface area contributed by atoms with Crippen LogP contribution in [0.3, 0.4) is 0 Å². The van der Waals surface area contributed by atoms with Crippen LogP contribution in [-0.2, 0) is 27.2 Å². The average Bonchev–Trinajstić information content (AvgIpc) is 3.69. The van der Waals surface area contributed by atoms with Gasteiger partial charge in [-0.1, -0.05) is 6.07 Å². The average molecular weight is 818 g/mol. The van der Waals surface area contributed by atoms with Crippen molar-refractivity contribution in [3.8, 4) is 40.2 Å². The summed E-state index contributed by atoms with van der Waals surface area (Å²) in [5.74, 6) is 3.15. The maximum atomic E-state index is 14.3. The molecule has 4 heterocycles. The van der Waals surface area contributed by atoms with Gasteiger partial charge in [0.15, 0.2) is 34.5 Å². The standard InChI is InChI=1S/C43H50N2O10S.CH5N/c1-20-12-25-13-23-14-28(32(25)41(37(20)50-5)55-26-8-7-9-26)36-42(56-6)34-33(40-39(52-19-53-40)21(2)38(34)54-22(3)46)29(45(36)17-23)18-51-43(48)35-27-16-31(49-4)30(47)15-24(27)10-11-44-35;1-2/h12,15-16,23,26,28-29,35-36,42,44,47H,7-11,13-14,17-19H2,1-6H3;2H2,1H3/t23-,28-,29?,35?,36?,42?;/m1./s1. The largest absolute Gasteiger partial charge is 0.504 e. The first kappa shape index (κ1) is 40.4. The predicted molar refractivity (Wildman–Crippen MR) is 219 cm³/mol. The summed E-state index contributed by atoms with van der Waals surface area (Å²) in [5, 5.41) is 13.7. The highest BCUT2D eigenvalue weighted by atomic mass is 32.2. The minimum atomic E-state index is -0.750. The monoisotopic (exact) mass is 817 g/mol. The summed E-state index contributed by atoms with van der Waals surface area (Å²) in [5.41, 5.74) is 12.1. The van der Waals surface area contributed by atoms with E-state index in [1.807, 2.05) is 6.92 Å². The van der Waals surface area contributed by atoms with Gasteiger partial charge >= 0.3 is 11.9 Å². The number of benzene rings is 3. The molecule has 4 aliphatic heterocycles. The molecule has 1 saturated carbocycles. The first-order chi connectivity index (χ1) is 28.1. The Morgan fingerprint density at radius 3 is 2.47 bits per heavy atom. The molecule has 14 heteroatoms. The highest BCUT2D eigenvalue weighted by Crippen LogP contribution is 2.63. The number of nitrogens with zero attached hydrogens (tertiary/aromatic N) is 1. The van der Waals surface area contributed by atoms with Crippen molar-refractivity contribution in [3.05, 3.63) is 62.7 Å². The number of nitrogens with two attached hydrogens (primary N) is 1. The van der Waals surface area contributed by atoms with Crippen molar-refractivity contribution in [2.24, 2.45) is 11.7 Å². The van der Waals surface area contributed by atoms with Gasteiger partial charge in [0.2, 0.25) is 6.79 Å². The maximum absolute atomic E-state index is 14.3. The van der Waals surface area contributed by atoms with Gasteiger partial charge in [0.05, 0.1) is 26.4 Å². The number of ether oxygens (including phenoxy) is 7. The number of nitrogens with one attached hydrogen (secondary N) is 1. The van der Waals surface area contributed by atoms with E-state index < -0.39 is 24.0 Å². The van der Waals surface area contributed by atoms with Gasteiger partial charge in [0.25, 0.3) is 0 Å². The molecule has 13 nitrogen and oxygen atoms in total. The number of rotatable bonds is 9. The molecule has 0 amide bonds. The molecule has 0 spiro atoms. The molecule has 6 atom stereocenters. The van der Waals surface area contributed by atoms with E-state index in [0.29, 0.717) is 47.4 Å². The first-order valence-electron chi connectivity index (χ1n) is 20.3. The van der Waals surface area contributed by atoms with Gasteiger partial charge in [-0.3, -0.25) is 9.69 Å². The summed E-state index contributed by atoms with van der Waals surface area (Å²) >= 11 is 1.73. The lowest BCUT2D eigenvalue weighted by atomic mass is 9.65. The number of carbonyl (C=O) groups is 2. The van der Waals surface area contributed by atoms with Gasteiger partial charge in [-0.25, -0.2) is 4.79 Å². The third kappa shape index (κ3) is 6.69. The molecule has 58 heavy (non-hydrogen) atoms. The summed E-state index contributed by atoms with van der Waals surface area (Å²) in [6, 6.07) is 4.40. The zero-order valence-electron chi connectivity index (χ0n) is 34.4. The first-order valence-corrected chi connectivity index (χ1v) is 21.6. The molecule has 4 unspecified atom stereocenters. The molecule has 9 rings (SSSR count). The van der Waals surface area contributed by atoms with Crippen LogP contribution >= 0.6 is 11.8 Å². The Bertz CT molecular complexity index is 2110. The highest BCUT2D eigenvalue weighted by molar-refractivity contribution is 7.98. The molecule has 3 aromatic rings. The van der Waals surface area contributed by atoms with Crippen molar-refractivity contribution < 1.29 is 47.9 Å². The Kier molecular flexibility index (Phi) is 11.4. The van der Waals surface area contributed by atoms with E-state index >= 15 is 0 Å². The quantitative estimate of drug-likeness (QED) is 0.168. The number of methoxy groups -OCH3 is 2. The van der Waals surface area contributed by atoms with Crippen LogP contribution in [0, 0.1) is 19.8 Å². The lowest BCUT2D eigenvalue weighted by Crippen LogP contribution is -2.57. The number of hydrogen-bond acceptors (Lipinski definition) is 14. The molecular formula is C44H55N3O10S. The normalized spacial score (nSPS) is 25.0. The number of hydrogen-bond donors (Lipinski definition) is 3. The zero-order valence-corrected chi connectivity index (χ0v) is 35.2. The van der Waals surface area contributed by atoms with Crippen LogP contribution < -0.4 is 39.5 Å². The number of aryl methyl sites for hydroxylation is 1. The van der Waals surface area contributed by atoms with Gasteiger partial charge in [-0.2, -0.15) is 11.8 Å². The van der Waals surface area contributed by atoms with Gasteiger partial charge in [-0.15, -0.1) is 0 Å². The van der Waals surface area contributed by atoms with E-state index in [2.05, 4.69) is 35.2 Å². The van der Waals surface area contributed by atoms with Gasteiger partial charge in [0, 0.05) is 59.5 Å². The molecule has 0 radical (unpaired) electrons. The highest BCUT2D eigenvalue weighted by Gasteiger charge is 2.55. The van der Waals surface area contributed by atoms with Gasteiger partial charge in [0.1, 0.15) is 18.4 Å². The molecule has 0 aromatic heterocycles. The van der Waals surface area contributed by atoms with Crippen LogP contribution in [0.4, 0.5) is 0 Å². The second-order valence-electron chi connectivity index (χ2n) is 16.0. The fourth-order valence-electron chi connectivity index (χ4n) is 10.3. The molecule has 312 valence electrons. The van der Waals surface area contributed by atoms with Crippen molar-refractivity contribution in [3.63, 3.8) is 0 Å². The molecular weight excluding hydrogens is 763 g/mol. The summed E-state index contributed by atoms with van der Waals surface area (Å²) in [6.45, 7) is 6.82. The second kappa shape index (κ2) is 16.4. The van der Waals surface area contributed by atoms with E-state index in [4.69, 9.17) is 33.2 Å². The third-order valence-electron chi connectivity index (χ3n) is 12.8. The van der Waals surface area contributed by atoms with Crippen LogP contribution in [0.15, 0.2) is 18.2 Å². The number of thioether (sulfide) groups is 1. The van der Waals surface area contributed by atoms with Crippen LogP contribution in [0.25, 0.3) is 0 Å². The zero-order chi connectivity index (χ0) is 41.0. The number of piperidine rings is 1. The lowest BCUT2D eigenvalue weighted by molar-refractivity contribution is -0.149. The number of fused-ring (bicyclic) bond motifs is 10. The van der Waals surface area contributed by atoms with Crippen molar-refractivity contribution in [2.75, 3.05) is 54.0 Å². The molecule has 4 N–H and O–H groups in total. The Balaban J connectivity index is 0.00000231. The summed E-state index contributed by atoms with van der Waals surface area (Å²) in [4.78, 5) is 29.6. The molecule has 2 bridgehead atoms. The Labute approximate surface area is 344 Å². The van der Waals surface area contributed by atoms with Crippen LogP contribution in [0.5, 0.6) is 40.2 Å². The second-order valence-corrected chi connectivity index (χ2v) is 17.0. The number of phenols is 1. The van der Waals surface area contributed by atoms with Crippen LogP contribution in [-0.4, -0.2) is 88.1 Å². The minimum Gasteiger partial charge on any atom is -0.504 e. The maximum Gasteiger partial charge on any atom is 0.327 e. The predicted octanol–water partition coefficient (Wildman–Crippen LogP) is 6.11. The van der Waals surface area contributed by atoms with Gasteiger partial charge in [-0.05, 0) is 106 Å². The van der Waals surface area contributed by atoms with Crippen LogP contribution in [0.1, 0.15) is 100 Å². The SMILES string of the molecule is CN.COc1cc2c(cc1O)CCNC2C(=O)OCC1c2c3c(c(C)c(OC(C)=O)c2C(SC)C2[C@@H]4C[C@@H](Cc5cc(C)c(OC)c(OC6CCC6)c54)CN12)OCO3.